The molecule has 0 unspecified atom stereocenters. The summed E-state index contributed by atoms with van der Waals surface area (Å²) in [5, 5.41) is 2.80. The molecule has 1 N–H and O–H groups in total. The molecule has 0 aliphatic heterocycles. The molecule has 0 radical (unpaired) electrons. The van der Waals surface area contributed by atoms with Gasteiger partial charge in [0.25, 0.3) is 5.91 Å². The summed E-state index contributed by atoms with van der Waals surface area (Å²) < 4.78 is 8.36. The van der Waals surface area contributed by atoms with E-state index in [0.29, 0.717) is 12.3 Å². The molecule has 0 saturated carbocycles. The second kappa shape index (κ2) is 6.56. The summed E-state index contributed by atoms with van der Waals surface area (Å²) in [5.74, 6) is 1.28. The number of carbonyl (C=O) groups excluding carboxylic acids is 1. The van der Waals surface area contributed by atoms with E-state index in [1.807, 2.05) is 42.1 Å². The molecular formula is C14H16BrN3O2. The van der Waals surface area contributed by atoms with E-state index in [9.17, 15) is 4.79 Å². The van der Waals surface area contributed by atoms with E-state index >= 15 is 0 Å². The first kappa shape index (κ1) is 14.6. The first-order valence-corrected chi connectivity index (χ1v) is 7.01. The van der Waals surface area contributed by atoms with Gasteiger partial charge in [-0.3, -0.25) is 4.79 Å². The second-order valence-corrected chi connectivity index (χ2v) is 5.31. The van der Waals surface area contributed by atoms with Gasteiger partial charge < -0.3 is 14.6 Å². The van der Waals surface area contributed by atoms with E-state index in [4.69, 9.17) is 4.74 Å². The summed E-state index contributed by atoms with van der Waals surface area (Å²) >= 11 is 3.36. The Bertz CT molecular complexity index is 598. The summed E-state index contributed by atoms with van der Waals surface area (Å²) in [6.45, 7) is 2.10. The molecule has 20 heavy (non-hydrogen) atoms. The molecule has 0 spiro atoms. The Morgan fingerprint density at radius 2 is 2.35 bits per heavy atom. The summed E-state index contributed by atoms with van der Waals surface area (Å²) in [7, 11) is 1.88. The SMILES string of the molecule is C[C@@H](Oc1cccc(Br)c1)C(=O)NCc1nccn1C. The number of benzene rings is 1. The van der Waals surface area contributed by atoms with Crippen molar-refractivity contribution in [1.29, 1.82) is 0 Å². The maximum atomic E-state index is 12.0. The molecule has 106 valence electrons. The van der Waals surface area contributed by atoms with Crippen LogP contribution in [0.4, 0.5) is 0 Å². The average molecular weight is 338 g/mol. The molecule has 0 saturated heterocycles. The fourth-order valence-electron chi connectivity index (χ4n) is 1.67. The molecule has 1 heterocycles. The van der Waals surface area contributed by atoms with Gasteiger partial charge in [0, 0.05) is 23.9 Å². The van der Waals surface area contributed by atoms with Gasteiger partial charge in [0.2, 0.25) is 0 Å². The van der Waals surface area contributed by atoms with E-state index in [0.717, 1.165) is 10.3 Å². The maximum Gasteiger partial charge on any atom is 0.261 e. The lowest BCUT2D eigenvalue weighted by Gasteiger charge is -2.14. The Morgan fingerprint density at radius 1 is 1.55 bits per heavy atom. The van der Waals surface area contributed by atoms with Crippen LogP contribution < -0.4 is 10.1 Å². The number of nitrogens with one attached hydrogen (secondary N) is 1. The third kappa shape index (κ3) is 3.84. The van der Waals surface area contributed by atoms with Crippen LogP contribution in [0.5, 0.6) is 5.75 Å². The Morgan fingerprint density at radius 3 is 3.00 bits per heavy atom. The van der Waals surface area contributed by atoms with Crippen LogP contribution in [-0.4, -0.2) is 21.6 Å². The van der Waals surface area contributed by atoms with Crippen LogP contribution in [0.15, 0.2) is 41.1 Å². The summed E-state index contributed by atoms with van der Waals surface area (Å²) in [5.41, 5.74) is 0. The van der Waals surface area contributed by atoms with Crippen molar-refractivity contribution in [2.24, 2.45) is 7.05 Å². The Hall–Kier alpha value is -1.82. The van der Waals surface area contributed by atoms with Gasteiger partial charge in [0.05, 0.1) is 6.54 Å². The van der Waals surface area contributed by atoms with Crippen LogP contribution in [0.3, 0.4) is 0 Å². The summed E-state index contributed by atoms with van der Waals surface area (Å²) in [6.07, 6.45) is 2.97. The van der Waals surface area contributed by atoms with Gasteiger partial charge in [-0.05, 0) is 25.1 Å². The molecule has 1 amide bonds. The molecule has 1 aromatic carbocycles. The number of carbonyl (C=O) groups is 1. The lowest BCUT2D eigenvalue weighted by Crippen LogP contribution is -2.36. The van der Waals surface area contributed by atoms with Gasteiger partial charge in [-0.25, -0.2) is 4.98 Å². The van der Waals surface area contributed by atoms with E-state index in [-0.39, 0.29) is 5.91 Å². The monoisotopic (exact) mass is 337 g/mol. The maximum absolute atomic E-state index is 12.0. The zero-order chi connectivity index (χ0) is 14.5. The molecule has 1 aromatic heterocycles. The summed E-state index contributed by atoms with van der Waals surface area (Å²) in [4.78, 5) is 16.1. The van der Waals surface area contributed by atoms with Crippen molar-refractivity contribution in [3.63, 3.8) is 0 Å². The van der Waals surface area contributed by atoms with Gasteiger partial charge in [-0.15, -0.1) is 0 Å². The number of aromatic nitrogens is 2. The molecule has 5 nitrogen and oxygen atoms in total. The third-order valence-electron chi connectivity index (χ3n) is 2.82. The van der Waals surface area contributed by atoms with Crippen LogP contribution in [-0.2, 0) is 18.4 Å². The number of amides is 1. The van der Waals surface area contributed by atoms with Crippen molar-refractivity contribution in [3.05, 3.63) is 47.0 Å². The Labute approximate surface area is 126 Å². The molecule has 0 fully saturated rings. The van der Waals surface area contributed by atoms with Crippen LogP contribution in [0.1, 0.15) is 12.7 Å². The first-order chi connectivity index (χ1) is 9.56. The van der Waals surface area contributed by atoms with Crippen molar-refractivity contribution in [2.75, 3.05) is 0 Å². The zero-order valence-electron chi connectivity index (χ0n) is 11.3. The molecule has 0 aliphatic carbocycles. The van der Waals surface area contributed by atoms with Crippen molar-refractivity contribution in [3.8, 4) is 5.75 Å². The number of ether oxygens (including phenoxy) is 1. The minimum Gasteiger partial charge on any atom is -0.481 e. The molecule has 6 heteroatoms. The van der Waals surface area contributed by atoms with Crippen molar-refractivity contribution in [1.82, 2.24) is 14.9 Å². The predicted octanol–water partition coefficient (Wildman–Crippen LogP) is 2.27. The van der Waals surface area contributed by atoms with E-state index in [2.05, 4.69) is 26.2 Å². The normalized spacial score (nSPS) is 11.9. The van der Waals surface area contributed by atoms with Crippen LogP contribution in [0.2, 0.25) is 0 Å². The van der Waals surface area contributed by atoms with Crippen molar-refractivity contribution in [2.45, 2.75) is 19.6 Å². The van der Waals surface area contributed by atoms with Gasteiger partial charge in [-0.2, -0.15) is 0 Å². The van der Waals surface area contributed by atoms with Gasteiger partial charge in [0.1, 0.15) is 11.6 Å². The van der Waals surface area contributed by atoms with E-state index in [1.165, 1.54) is 0 Å². The number of hydrogen-bond acceptors (Lipinski definition) is 3. The highest BCUT2D eigenvalue weighted by molar-refractivity contribution is 9.10. The second-order valence-electron chi connectivity index (χ2n) is 4.39. The van der Waals surface area contributed by atoms with E-state index < -0.39 is 6.10 Å². The molecular weight excluding hydrogens is 322 g/mol. The predicted molar refractivity (Wildman–Crippen MR) is 79.3 cm³/mol. The molecule has 0 aliphatic rings. The van der Waals surface area contributed by atoms with Crippen LogP contribution in [0, 0.1) is 0 Å². The molecule has 2 aromatic rings. The van der Waals surface area contributed by atoms with Gasteiger partial charge in [0.15, 0.2) is 6.10 Å². The van der Waals surface area contributed by atoms with Crippen molar-refractivity contribution < 1.29 is 9.53 Å². The standard InChI is InChI=1S/C14H16BrN3O2/c1-10(20-12-5-3-4-11(15)8-12)14(19)17-9-13-16-6-7-18(13)2/h3-8,10H,9H2,1-2H3,(H,17,19)/t10-/m1/s1. The van der Waals surface area contributed by atoms with Gasteiger partial charge in [-0.1, -0.05) is 22.0 Å². The third-order valence-corrected chi connectivity index (χ3v) is 3.31. The molecule has 0 bridgehead atoms. The topological polar surface area (TPSA) is 56.1 Å². The summed E-state index contributed by atoms with van der Waals surface area (Å²) in [6, 6.07) is 7.40. The van der Waals surface area contributed by atoms with Crippen molar-refractivity contribution >= 4 is 21.8 Å². The number of hydrogen-bond donors (Lipinski definition) is 1. The highest BCUT2D eigenvalue weighted by Gasteiger charge is 2.15. The van der Waals surface area contributed by atoms with Crippen LogP contribution in [0.25, 0.3) is 0 Å². The lowest BCUT2D eigenvalue weighted by atomic mass is 10.3. The Balaban J connectivity index is 1.87. The van der Waals surface area contributed by atoms with Gasteiger partial charge >= 0.3 is 0 Å². The zero-order valence-corrected chi connectivity index (χ0v) is 12.9. The number of halogens is 1. The fraction of sp³-hybridized carbons (Fsp3) is 0.286. The van der Waals surface area contributed by atoms with Crippen LogP contribution >= 0.6 is 15.9 Å². The number of imidazole rings is 1. The quantitative estimate of drug-likeness (QED) is 0.910. The first-order valence-electron chi connectivity index (χ1n) is 6.22. The molecule has 2 rings (SSSR count). The minimum absolute atomic E-state index is 0.173. The smallest absolute Gasteiger partial charge is 0.261 e. The Kier molecular flexibility index (Phi) is 4.79. The minimum atomic E-state index is -0.565. The number of nitrogens with zero attached hydrogens (tertiary/aromatic N) is 2. The lowest BCUT2D eigenvalue weighted by molar-refractivity contribution is -0.127. The fourth-order valence-corrected chi connectivity index (χ4v) is 2.05. The van der Waals surface area contributed by atoms with E-state index in [1.54, 1.807) is 13.1 Å². The molecule has 1 atom stereocenters. The number of aryl methyl sites for hydroxylation is 1. The highest BCUT2D eigenvalue weighted by Crippen LogP contribution is 2.18. The number of rotatable bonds is 5. The highest BCUT2D eigenvalue weighted by atomic mass is 79.9. The average Bonchev–Trinajstić information content (AvgIpc) is 2.81. The largest absolute Gasteiger partial charge is 0.481 e.